The summed E-state index contributed by atoms with van der Waals surface area (Å²) in [5, 5.41) is 8.79. The van der Waals surface area contributed by atoms with Gasteiger partial charge in [-0.1, -0.05) is 13.8 Å². The molecule has 1 heterocycles. The van der Waals surface area contributed by atoms with Crippen LogP contribution in [-0.2, 0) is 19.1 Å². The van der Waals surface area contributed by atoms with Crippen LogP contribution in [0.5, 0.6) is 0 Å². The molecule has 0 aromatic carbocycles. The van der Waals surface area contributed by atoms with Gasteiger partial charge in [0.15, 0.2) is 0 Å². The summed E-state index contributed by atoms with van der Waals surface area (Å²) in [6, 6.07) is -0.0539. The fourth-order valence-corrected chi connectivity index (χ4v) is 8.92. The molecule has 0 saturated heterocycles. The molecule has 30 heavy (non-hydrogen) atoms. The quantitative estimate of drug-likeness (QED) is 0.635. The van der Waals surface area contributed by atoms with E-state index in [1.54, 1.807) is 6.92 Å². The Balaban J connectivity index is 1.47. The van der Waals surface area contributed by atoms with E-state index in [-0.39, 0.29) is 40.6 Å². The largest absolute Gasteiger partial charge is 0.463 e. The molecule has 0 aromatic heterocycles. The number of hydrogen-bond acceptors (Lipinski definition) is 6. The Morgan fingerprint density at radius 1 is 1.10 bits per heavy atom. The fourth-order valence-electron chi connectivity index (χ4n) is 8.92. The van der Waals surface area contributed by atoms with Crippen LogP contribution in [0.15, 0.2) is 10.2 Å². The monoisotopic (exact) mass is 414 g/mol. The van der Waals surface area contributed by atoms with E-state index in [4.69, 9.17) is 4.74 Å². The minimum Gasteiger partial charge on any atom is -0.463 e. The second-order valence-electron chi connectivity index (χ2n) is 11.3. The van der Waals surface area contributed by atoms with E-state index in [1.807, 2.05) is 0 Å². The van der Waals surface area contributed by atoms with Crippen molar-refractivity contribution >= 4 is 17.5 Å². The van der Waals surface area contributed by atoms with Crippen LogP contribution in [0, 0.1) is 39.9 Å². The van der Waals surface area contributed by atoms with Gasteiger partial charge in [-0.25, -0.2) is 0 Å². The van der Waals surface area contributed by atoms with Gasteiger partial charge >= 0.3 is 5.97 Å². The molecule has 4 saturated carbocycles. The highest BCUT2D eigenvalue weighted by molar-refractivity contribution is 5.90. The van der Waals surface area contributed by atoms with Crippen molar-refractivity contribution < 1.29 is 19.1 Å². The van der Waals surface area contributed by atoms with Gasteiger partial charge in [-0.3, -0.25) is 14.4 Å². The lowest BCUT2D eigenvalue weighted by Gasteiger charge is -2.60. The molecule has 2 unspecified atom stereocenters. The topological polar surface area (TPSA) is 85.2 Å². The lowest BCUT2D eigenvalue weighted by atomic mass is 9.43. The molecule has 4 fully saturated rings. The summed E-state index contributed by atoms with van der Waals surface area (Å²) in [7, 11) is 0. The SMILES string of the molecule is CC(=O)O[C@@H]1CC[C@@]2(C)C(CC[C@@H]3[C@@H]2C(=O)C[C@@]2(C)[C@H]3CC3N=NC[C@@]32C(C)=O)C1. The van der Waals surface area contributed by atoms with Gasteiger partial charge in [0, 0.05) is 19.3 Å². The van der Waals surface area contributed by atoms with Gasteiger partial charge in [0.05, 0.1) is 18.0 Å². The summed E-state index contributed by atoms with van der Waals surface area (Å²) in [5.74, 6) is 1.49. The zero-order chi connectivity index (χ0) is 21.5. The number of carbonyl (C=O) groups is 3. The number of Topliss-reactive ketones (excluding diaryl/α,β-unsaturated/α-hetero) is 2. The average Bonchev–Trinajstić information content (AvgIpc) is 3.18. The van der Waals surface area contributed by atoms with Crippen LogP contribution in [0.2, 0.25) is 0 Å². The predicted molar refractivity (Wildman–Crippen MR) is 110 cm³/mol. The highest BCUT2D eigenvalue weighted by Crippen LogP contribution is 2.71. The smallest absolute Gasteiger partial charge is 0.302 e. The molecule has 164 valence electrons. The highest BCUT2D eigenvalue weighted by Gasteiger charge is 2.73. The molecule has 0 bridgehead atoms. The van der Waals surface area contributed by atoms with Crippen LogP contribution in [0.25, 0.3) is 0 Å². The number of ketones is 2. The second kappa shape index (κ2) is 6.46. The van der Waals surface area contributed by atoms with E-state index >= 15 is 0 Å². The van der Waals surface area contributed by atoms with Crippen LogP contribution in [0.4, 0.5) is 0 Å². The molecule has 6 nitrogen and oxygen atoms in total. The number of ether oxygens (including phenoxy) is 1. The summed E-state index contributed by atoms with van der Waals surface area (Å²) in [6.07, 6.45) is 6.14. The second-order valence-corrected chi connectivity index (χ2v) is 11.3. The molecule has 5 rings (SSSR count). The van der Waals surface area contributed by atoms with E-state index in [9.17, 15) is 14.4 Å². The number of azo groups is 1. The van der Waals surface area contributed by atoms with Crippen molar-refractivity contribution in [2.24, 2.45) is 50.1 Å². The van der Waals surface area contributed by atoms with Gasteiger partial charge in [-0.15, -0.1) is 0 Å². The molecule has 0 radical (unpaired) electrons. The molecule has 6 heteroatoms. The van der Waals surface area contributed by atoms with Gasteiger partial charge < -0.3 is 4.74 Å². The summed E-state index contributed by atoms with van der Waals surface area (Å²) in [4.78, 5) is 38.2. The zero-order valence-corrected chi connectivity index (χ0v) is 18.6. The van der Waals surface area contributed by atoms with Crippen molar-refractivity contribution in [2.75, 3.05) is 6.54 Å². The summed E-state index contributed by atoms with van der Waals surface area (Å²) < 4.78 is 5.54. The van der Waals surface area contributed by atoms with Crippen LogP contribution in [0.3, 0.4) is 0 Å². The van der Waals surface area contributed by atoms with Crippen LogP contribution in [0.1, 0.15) is 72.6 Å². The number of hydrogen-bond donors (Lipinski definition) is 0. The summed E-state index contributed by atoms with van der Waals surface area (Å²) >= 11 is 0. The molecule has 0 aromatic rings. The first-order valence-electron chi connectivity index (χ1n) is 11.7. The van der Waals surface area contributed by atoms with Gasteiger partial charge in [0.2, 0.25) is 0 Å². The Labute approximate surface area is 178 Å². The first kappa shape index (κ1) is 20.3. The first-order valence-corrected chi connectivity index (χ1v) is 11.7. The lowest BCUT2D eigenvalue weighted by Crippen LogP contribution is -2.60. The van der Waals surface area contributed by atoms with Crippen molar-refractivity contribution in [3.63, 3.8) is 0 Å². The van der Waals surface area contributed by atoms with Crippen LogP contribution in [-0.4, -0.2) is 36.2 Å². The zero-order valence-electron chi connectivity index (χ0n) is 18.6. The Hall–Kier alpha value is -1.59. The number of rotatable bonds is 2. The van der Waals surface area contributed by atoms with E-state index < -0.39 is 5.41 Å². The molecular formula is C24H34N2O4. The maximum atomic E-state index is 13.8. The maximum absolute atomic E-state index is 13.8. The predicted octanol–water partition coefficient (Wildman–Crippen LogP) is 4.16. The van der Waals surface area contributed by atoms with Crippen LogP contribution < -0.4 is 0 Å². The van der Waals surface area contributed by atoms with Crippen molar-refractivity contribution in [1.29, 1.82) is 0 Å². The molecular weight excluding hydrogens is 380 g/mol. The van der Waals surface area contributed by atoms with Gasteiger partial charge in [-0.2, -0.15) is 10.2 Å². The lowest BCUT2D eigenvalue weighted by molar-refractivity contribution is -0.173. The van der Waals surface area contributed by atoms with E-state index in [0.29, 0.717) is 36.5 Å². The third-order valence-electron chi connectivity index (χ3n) is 10.3. The highest BCUT2D eigenvalue weighted by atomic mass is 16.5. The molecule has 4 aliphatic carbocycles. The van der Waals surface area contributed by atoms with Crippen molar-refractivity contribution in [3.8, 4) is 0 Å². The Bertz CT molecular complexity index is 839. The van der Waals surface area contributed by atoms with Crippen molar-refractivity contribution in [1.82, 2.24) is 0 Å². The standard InChI is InChI=1S/C24H34N2O4/c1-13(27)24-12-25-26-20(24)10-18-17-6-5-15-9-16(30-14(2)28)7-8-22(15,3)21(17)19(29)11-23(18,24)4/h15-18,20-21H,5-12H2,1-4H3/t15?,16-,17+,18+,20?,21-,22+,23+,24-/m1/s1. The average molecular weight is 415 g/mol. The molecule has 5 aliphatic rings. The molecule has 0 N–H and O–H groups in total. The molecule has 0 spiro atoms. The van der Waals surface area contributed by atoms with Crippen LogP contribution >= 0.6 is 0 Å². The van der Waals surface area contributed by atoms with Gasteiger partial charge in [-0.05, 0) is 74.0 Å². The summed E-state index contributed by atoms with van der Waals surface area (Å²) in [6.45, 7) is 8.12. The minimum absolute atomic E-state index is 0.00619. The number of fused-ring (bicyclic) bond motifs is 7. The normalized spacial score (nSPS) is 51.5. The molecule has 9 atom stereocenters. The third-order valence-corrected chi connectivity index (χ3v) is 10.3. The van der Waals surface area contributed by atoms with Crippen molar-refractivity contribution in [2.45, 2.75) is 84.8 Å². The molecule has 1 aliphatic heterocycles. The van der Waals surface area contributed by atoms with Crippen molar-refractivity contribution in [3.05, 3.63) is 0 Å². The van der Waals surface area contributed by atoms with Gasteiger partial charge in [0.1, 0.15) is 17.7 Å². The summed E-state index contributed by atoms with van der Waals surface area (Å²) in [5.41, 5.74) is -0.937. The maximum Gasteiger partial charge on any atom is 0.302 e. The van der Waals surface area contributed by atoms with E-state index in [1.165, 1.54) is 6.92 Å². The number of esters is 1. The van der Waals surface area contributed by atoms with E-state index in [2.05, 4.69) is 24.1 Å². The first-order chi connectivity index (χ1) is 14.1. The number of carbonyl (C=O) groups excluding carboxylic acids is 3. The Kier molecular flexibility index (Phi) is 4.37. The molecule has 0 amide bonds. The minimum atomic E-state index is -0.580. The third kappa shape index (κ3) is 2.39. The van der Waals surface area contributed by atoms with E-state index in [0.717, 1.165) is 38.5 Å². The Morgan fingerprint density at radius 2 is 1.87 bits per heavy atom. The fraction of sp³-hybridized carbons (Fsp3) is 0.875. The van der Waals surface area contributed by atoms with Gasteiger partial charge in [0.25, 0.3) is 0 Å². The number of nitrogens with zero attached hydrogens (tertiary/aromatic N) is 2. The Morgan fingerprint density at radius 3 is 2.57 bits per heavy atom.